The topological polar surface area (TPSA) is 77.8 Å². The van der Waals surface area contributed by atoms with Crippen LogP contribution in [0.4, 0.5) is 0 Å². The summed E-state index contributed by atoms with van der Waals surface area (Å²) >= 11 is 6.48. The first-order chi connectivity index (χ1) is 13.3. The van der Waals surface area contributed by atoms with E-state index in [1.807, 2.05) is 16.7 Å². The zero-order valence-electron chi connectivity index (χ0n) is 15.8. The van der Waals surface area contributed by atoms with Crippen LogP contribution in [-0.4, -0.2) is 35.0 Å². The van der Waals surface area contributed by atoms with E-state index < -0.39 is 11.4 Å². The third-order valence-corrected chi connectivity index (χ3v) is 5.78. The van der Waals surface area contributed by atoms with E-state index in [2.05, 4.69) is 13.8 Å². The van der Waals surface area contributed by atoms with E-state index in [1.165, 1.54) is 12.3 Å². The zero-order chi connectivity index (χ0) is 20.0. The average Bonchev–Trinajstić information content (AvgIpc) is 3.14. The van der Waals surface area contributed by atoms with Crippen LogP contribution in [0, 0.1) is 5.92 Å². The molecule has 0 spiro atoms. The Hall–Kier alpha value is -2.31. The maximum atomic E-state index is 12.3. The van der Waals surface area contributed by atoms with Crippen molar-refractivity contribution < 1.29 is 19.4 Å². The molecule has 1 aromatic carbocycles. The van der Waals surface area contributed by atoms with Crippen LogP contribution in [0.15, 0.2) is 29.2 Å². The van der Waals surface area contributed by atoms with Crippen molar-refractivity contribution in [2.75, 3.05) is 13.2 Å². The molecule has 28 heavy (non-hydrogen) atoms. The van der Waals surface area contributed by atoms with Crippen LogP contribution in [0.1, 0.15) is 42.2 Å². The Morgan fingerprint density at radius 3 is 2.79 bits per heavy atom. The quantitative estimate of drug-likeness (QED) is 0.840. The van der Waals surface area contributed by atoms with Crippen LogP contribution < -0.4 is 10.2 Å². The van der Waals surface area contributed by atoms with Gasteiger partial charge in [-0.3, -0.25) is 4.79 Å². The van der Waals surface area contributed by atoms with Crippen LogP contribution in [-0.2, 0) is 11.2 Å². The molecule has 0 aliphatic carbocycles. The molecule has 4 rings (SSSR count). The van der Waals surface area contributed by atoms with Crippen molar-refractivity contribution in [3.8, 4) is 17.0 Å². The number of hydrogen-bond acceptors (Lipinski definition) is 4. The predicted octanol–water partition coefficient (Wildman–Crippen LogP) is 3.79. The fraction of sp³-hybridized carbons (Fsp3) is 0.429. The number of nitrogens with zero attached hydrogens (tertiary/aromatic N) is 1. The predicted molar refractivity (Wildman–Crippen MR) is 106 cm³/mol. The van der Waals surface area contributed by atoms with Gasteiger partial charge in [-0.2, -0.15) is 0 Å². The number of hydrogen-bond donors (Lipinski definition) is 1. The van der Waals surface area contributed by atoms with Crippen LogP contribution in [0.25, 0.3) is 11.3 Å². The van der Waals surface area contributed by atoms with Gasteiger partial charge >= 0.3 is 5.97 Å². The molecular formula is C21H22ClNO5. The number of fused-ring (bicyclic) bond motifs is 3. The maximum Gasteiger partial charge on any atom is 0.341 e. The summed E-state index contributed by atoms with van der Waals surface area (Å²) in [7, 11) is 0. The van der Waals surface area contributed by atoms with Gasteiger partial charge in [0.2, 0.25) is 0 Å². The maximum absolute atomic E-state index is 12.3. The first-order valence-corrected chi connectivity index (χ1v) is 9.79. The number of aromatic carboxylic acids is 1. The highest BCUT2D eigenvalue weighted by atomic mass is 35.5. The number of rotatable bonds is 4. The Bertz CT molecular complexity index is 991. The second kappa shape index (κ2) is 7.26. The summed E-state index contributed by atoms with van der Waals surface area (Å²) in [6.45, 7) is 5.41. The third kappa shape index (κ3) is 3.31. The van der Waals surface area contributed by atoms with Gasteiger partial charge in [0.05, 0.1) is 23.9 Å². The molecule has 0 saturated carbocycles. The Morgan fingerprint density at radius 2 is 2.14 bits per heavy atom. The van der Waals surface area contributed by atoms with E-state index >= 15 is 0 Å². The Labute approximate surface area is 167 Å². The van der Waals surface area contributed by atoms with Gasteiger partial charge in [0.15, 0.2) is 5.43 Å². The number of pyridine rings is 1. The van der Waals surface area contributed by atoms with E-state index in [9.17, 15) is 14.7 Å². The van der Waals surface area contributed by atoms with Crippen molar-refractivity contribution in [1.82, 2.24) is 4.57 Å². The number of carboxylic acids is 1. The monoisotopic (exact) mass is 403 g/mol. The SMILES string of the molecule is CC(C)[C@@H]1Cc2cc(O[C@@H]3CCOC3)c(Cl)cc2-c2cc(=O)c(C(=O)O)cn21. The molecule has 148 valence electrons. The van der Waals surface area contributed by atoms with Gasteiger partial charge in [-0.1, -0.05) is 25.4 Å². The number of halogens is 1. The largest absolute Gasteiger partial charge is 0.486 e. The number of aromatic nitrogens is 1. The molecule has 2 aromatic rings. The van der Waals surface area contributed by atoms with Crippen molar-refractivity contribution in [1.29, 1.82) is 0 Å². The molecule has 0 unspecified atom stereocenters. The molecule has 6 nitrogen and oxygen atoms in total. The smallest absolute Gasteiger partial charge is 0.341 e. The fourth-order valence-electron chi connectivity index (χ4n) is 3.96. The molecule has 1 aromatic heterocycles. The fourth-order valence-corrected chi connectivity index (χ4v) is 4.17. The number of ether oxygens (including phenoxy) is 2. The van der Waals surface area contributed by atoms with Gasteiger partial charge in [-0.05, 0) is 30.0 Å². The molecule has 1 saturated heterocycles. The lowest BCUT2D eigenvalue weighted by Gasteiger charge is -2.33. The summed E-state index contributed by atoms with van der Waals surface area (Å²) in [5.74, 6) is -0.343. The summed E-state index contributed by atoms with van der Waals surface area (Å²) in [6, 6.07) is 5.19. The minimum atomic E-state index is -1.21. The third-order valence-electron chi connectivity index (χ3n) is 5.48. The van der Waals surface area contributed by atoms with E-state index in [0.717, 1.165) is 17.5 Å². The van der Waals surface area contributed by atoms with Crippen molar-refractivity contribution in [2.24, 2.45) is 5.92 Å². The van der Waals surface area contributed by atoms with Gasteiger partial charge in [0.25, 0.3) is 0 Å². The summed E-state index contributed by atoms with van der Waals surface area (Å²) in [6.07, 6.45) is 2.99. The molecule has 2 atom stereocenters. The lowest BCUT2D eigenvalue weighted by atomic mass is 9.87. The first kappa shape index (κ1) is 19.0. The van der Waals surface area contributed by atoms with Crippen molar-refractivity contribution in [3.63, 3.8) is 0 Å². The number of benzene rings is 1. The standard InChI is InChI=1S/C21H22ClNO5/c1-11(2)17-5-12-6-20(28-13-3-4-27-10-13)16(22)7-14(12)18-8-19(24)15(21(25)26)9-23(17)18/h6-9,11,13,17H,3-5,10H2,1-2H3,(H,25,26)/t13-,17+/m1/s1. The van der Waals surface area contributed by atoms with Gasteiger partial charge < -0.3 is 19.1 Å². The molecule has 1 fully saturated rings. The van der Waals surface area contributed by atoms with E-state index in [-0.39, 0.29) is 23.6 Å². The summed E-state index contributed by atoms with van der Waals surface area (Å²) in [4.78, 5) is 23.8. The zero-order valence-corrected chi connectivity index (χ0v) is 16.5. The highest BCUT2D eigenvalue weighted by Crippen LogP contribution is 2.42. The van der Waals surface area contributed by atoms with Crippen molar-refractivity contribution in [2.45, 2.75) is 38.8 Å². The number of carboxylic acid groups (broad SMARTS) is 1. The summed E-state index contributed by atoms with van der Waals surface area (Å²) < 4.78 is 13.3. The van der Waals surface area contributed by atoms with E-state index in [0.29, 0.717) is 36.1 Å². The second-order valence-corrected chi connectivity index (χ2v) is 8.11. The summed E-state index contributed by atoms with van der Waals surface area (Å²) in [5, 5.41) is 9.81. The van der Waals surface area contributed by atoms with E-state index in [1.54, 1.807) is 0 Å². The van der Waals surface area contributed by atoms with Gasteiger partial charge in [0.1, 0.15) is 17.4 Å². The lowest BCUT2D eigenvalue weighted by Crippen LogP contribution is -2.28. The van der Waals surface area contributed by atoms with Gasteiger partial charge in [0, 0.05) is 30.3 Å². The summed E-state index contributed by atoms with van der Waals surface area (Å²) in [5.41, 5.74) is 1.84. The molecular weight excluding hydrogens is 382 g/mol. The minimum Gasteiger partial charge on any atom is -0.486 e. The Balaban J connectivity index is 1.83. The van der Waals surface area contributed by atoms with Crippen LogP contribution in [0.2, 0.25) is 5.02 Å². The molecule has 0 radical (unpaired) electrons. The highest BCUT2D eigenvalue weighted by Gasteiger charge is 2.29. The molecule has 3 heterocycles. The second-order valence-electron chi connectivity index (χ2n) is 7.71. The van der Waals surface area contributed by atoms with E-state index in [4.69, 9.17) is 21.1 Å². The minimum absolute atomic E-state index is 0.00642. The molecule has 2 aliphatic heterocycles. The molecule has 0 amide bonds. The lowest BCUT2D eigenvalue weighted by molar-refractivity contribution is 0.0694. The van der Waals surface area contributed by atoms with Crippen molar-refractivity contribution >= 4 is 17.6 Å². The van der Waals surface area contributed by atoms with Gasteiger partial charge in [-0.25, -0.2) is 4.79 Å². The Morgan fingerprint density at radius 1 is 1.36 bits per heavy atom. The molecule has 0 bridgehead atoms. The Kier molecular flexibility index (Phi) is 4.93. The molecule has 1 N–H and O–H groups in total. The molecule has 2 aliphatic rings. The molecule has 7 heteroatoms. The van der Waals surface area contributed by atoms with Crippen LogP contribution in [0.3, 0.4) is 0 Å². The van der Waals surface area contributed by atoms with Crippen molar-refractivity contribution in [3.05, 3.63) is 50.8 Å². The normalized spacial score (nSPS) is 20.7. The highest BCUT2D eigenvalue weighted by molar-refractivity contribution is 6.32. The van der Waals surface area contributed by atoms with Gasteiger partial charge in [-0.15, -0.1) is 0 Å². The number of carbonyl (C=O) groups is 1. The van der Waals surface area contributed by atoms with Crippen LogP contribution in [0.5, 0.6) is 5.75 Å². The first-order valence-electron chi connectivity index (χ1n) is 9.42. The van der Waals surface area contributed by atoms with Crippen LogP contribution >= 0.6 is 11.6 Å². The average molecular weight is 404 g/mol.